The molecule has 6 atom stereocenters. The van der Waals surface area contributed by atoms with E-state index in [4.69, 9.17) is 20.7 Å². The summed E-state index contributed by atoms with van der Waals surface area (Å²) in [6.07, 6.45) is -2.98. The van der Waals surface area contributed by atoms with Crippen LogP contribution in [0.1, 0.15) is 40.8 Å². The Morgan fingerprint density at radius 1 is 1.47 bits per heavy atom. The molecule has 2 rings (SSSR count). The summed E-state index contributed by atoms with van der Waals surface area (Å²) in [6, 6.07) is 1.20. The number of nitrogens with two attached hydrogens (primary N) is 2. The molecule has 13 nitrogen and oxygen atoms in total. The minimum Gasteiger partial charge on any atom is -0.595 e. The lowest BCUT2D eigenvalue weighted by Crippen LogP contribution is -2.55. The molecule has 0 aromatic carbocycles. The van der Waals surface area contributed by atoms with Crippen LogP contribution in [0.25, 0.3) is 0 Å². The summed E-state index contributed by atoms with van der Waals surface area (Å²) in [6.45, 7) is 6.48. The molecule has 0 saturated carbocycles. The third-order valence-corrected chi connectivity index (χ3v) is 6.30. The fourth-order valence-corrected chi connectivity index (χ4v) is 5.03. The number of hydrogen-bond donors (Lipinski definition) is 5. The van der Waals surface area contributed by atoms with E-state index in [1.54, 1.807) is 27.7 Å². The fourth-order valence-electron chi connectivity index (χ4n) is 4.46. The van der Waals surface area contributed by atoms with Gasteiger partial charge in [-0.25, -0.2) is 14.0 Å². The van der Waals surface area contributed by atoms with Crippen molar-refractivity contribution in [2.75, 3.05) is 12.3 Å². The molecule has 1 fully saturated rings. The van der Waals surface area contributed by atoms with Crippen molar-refractivity contribution in [2.45, 2.75) is 64.1 Å². The van der Waals surface area contributed by atoms with Crippen LogP contribution in [-0.4, -0.2) is 60.7 Å². The second-order valence-electron chi connectivity index (χ2n) is 9.13. The zero-order chi connectivity index (χ0) is 26.2. The van der Waals surface area contributed by atoms with Gasteiger partial charge in [0.15, 0.2) is 6.23 Å². The van der Waals surface area contributed by atoms with Crippen LogP contribution in [0.2, 0.25) is 0 Å². The maximum absolute atomic E-state index is 15.9. The van der Waals surface area contributed by atoms with Gasteiger partial charge in [0.05, 0.1) is 0 Å². The second-order valence-corrected chi connectivity index (χ2v) is 9.94. The Hall–Kier alpha value is -2.06. The lowest BCUT2D eigenvalue weighted by molar-refractivity contribution is -0.247. The van der Waals surface area contributed by atoms with E-state index in [0.717, 1.165) is 17.7 Å². The van der Waals surface area contributed by atoms with Crippen LogP contribution in [0.5, 0.6) is 0 Å². The summed E-state index contributed by atoms with van der Waals surface area (Å²) in [5, 5.41) is 31.4. The molecule has 1 aromatic rings. The number of halogens is 1. The van der Waals surface area contributed by atoms with Crippen LogP contribution in [0.4, 0.5) is 10.2 Å². The number of hydrogen-bond acceptors (Lipinski definition) is 10. The van der Waals surface area contributed by atoms with E-state index < -0.39 is 73.6 Å². The highest BCUT2D eigenvalue weighted by Crippen LogP contribution is 2.47. The number of ether oxygens (including phenoxy) is 2. The van der Waals surface area contributed by atoms with Gasteiger partial charge in [0.2, 0.25) is 0 Å². The lowest BCUT2D eigenvalue weighted by Gasteiger charge is -2.38. The largest absolute Gasteiger partial charge is 0.595 e. The molecule has 192 valence electrons. The fraction of sp³-hybridized carbons (Fsp3) is 0.737. The number of carboxylic acid groups (broad SMARTS) is 1. The van der Waals surface area contributed by atoms with E-state index in [9.17, 15) is 29.8 Å². The van der Waals surface area contributed by atoms with Gasteiger partial charge in [-0.05, 0) is 29.6 Å². The zero-order valence-corrected chi connectivity index (χ0v) is 20.3. The molecule has 2 heterocycles. The molecule has 34 heavy (non-hydrogen) atoms. The van der Waals surface area contributed by atoms with Gasteiger partial charge in [-0.2, -0.15) is 4.98 Å². The first kappa shape index (κ1) is 28.2. The molecule has 1 aliphatic heterocycles. The average molecular weight is 507 g/mol. The Labute approximate surface area is 196 Å². The summed E-state index contributed by atoms with van der Waals surface area (Å²) in [5.41, 5.74) is 4.82. The van der Waals surface area contributed by atoms with Crippen molar-refractivity contribution in [3.05, 3.63) is 22.7 Å². The first-order chi connectivity index (χ1) is 15.5. The molecule has 1 saturated heterocycles. The molecule has 0 bridgehead atoms. The third kappa shape index (κ3) is 5.13. The van der Waals surface area contributed by atoms with Crippen molar-refractivity contribution in [2.24, 2.45) is 28.0 Å². The Morgan fingerprint density at radius 3 is 2.47 bits per heavy atom. The van der Waals surface area contributed by atoms with Gasteiger partial charge in [-0.1, -0.05) is 27.7 Å². The number of aliphatic hydroxyl groups excluding tert-OH is 1. The molecule has 0 radical (unpaired) electrons. The predicted molar refractivity (Wildman–Crippen MR) is 117 cm³/mol. The highest BCUT2D eigenvalue weighted by atomic mass is 31.1. The number of alkyl halides is 1. The van der Waals surface area contributed by atoms with Gasteiger partial charge in [-0.15, -0.1) is 5.50 Å². The topological polar surface area (TPSA) is 219 Å². The van der Waals surface area contributed by atoms with Crippen molar-refractivity contribution in [1.29, 1.82) is 0 Å². The Morgan fingerprint density at radius 2 is 2.03 bits per heavy atom. The summed E-state index contributed by atoms with van der Waals surface area (Å²) in [5.74, 6) is -6.72. The summed E-state index contributed by atoms with van der Waals surface area (Å²) in [4.78, 5) is 39.8. The molecule has 1 unspecified atom stereocenters. The molecular formula is C19H31FN5O8P. The van der Waals surface area contributed by atoms with Crippen LogP contribution < -0.4 is 21.8 Å². The molecule has 0 aliphatic carbocycles. The normalized spacial score (nSPS) is 29.7. The Bertz CT molecular complexity index is 993. The van der Waals surface area contributed by atoms with Crippen LogP contribution in [-0.2, 0) is 14.3 Å². The third-order valence-electron chi connectivity index (χ3n) is 5.80. The van der Waals surface area contributed by atoms with Crippen LogP contribution in [0.3, 0.4) is 0 Å². The SMILES string of the molecule is CC(C)C(C(C)C)[C@@](N=[P+](N)[O-])(OC[C@@]1(F)O[C@@H](n2ccc(N)nc2=O)[C@](C)(O)[C@@H]1O)C(=O)O. The van der Waals surface area contributed by atoms with Gasteiger partial charge in [0.25, 0.3) is 13.9 Å². The predicted octanol–water partition coefficient (Wildman–Crippen LogP) is -0.328. The van der Waals surface area contributed by atoms with E-state index in [-0.39, 0.29) is 5.82 Å². The quantitative estimate of drug-likeness (QED) is 0.272. The average Bonchev–Trinajstić information content (AvgIpc) is 2.85. The molecule has 0 spiro atoms. The van der Waals surface area contributed by atoms with Gasteiger partial charge >= 0.3 is 17.4 Å². The van der Waals surface area contributed by atoms with Gasteiger partial charge in [0, 0.05) is 12.1 Å². The summed E-state index contributed by atoms with van der Waals surface area (Å²) < 4.78 is 30.9. The van der Waals surface area contributed by atoms with E-state index in [1.807, 2.05) is 0 Å². The number of aromatic nitrogens is 2. The zero-order valence-electron chi connectivity index (χ0n) is 19.5. The number of aliphatic hydroxyl groups is 2. The maximum Gasteiger partial charge on any atom is 0.363 e. The number of nitrogen functional groups attached to an aromatic ring is 1. The van der Waals surface area contributed by atoms with Crippen molar-refractivity contribution in [3.8, 4) is 0 Å². The van der Waals surface area contributed by atoms with Crippen LogP contribution >= 0.6 is 8.09 Å². The maximum atomic E-state index is 15.9. The lowest BCUT2D eigenvalue weighted by atomic mass is 9.77. The molecular weight excluding hydrogens is 476 g/mol. The Balaban J connectivity index is 2.51. The first-order valence-electron chi connectivity index (χ1n) is 10.4. The second kappa shape index (κ2) is 9.90. The molecule has 15 heteroatoms. The number of rotatable bonds is 9. The first-order valence-corrected chi connectivity index (χ1v) is 11.7. The highest BCUT2D eigenvalue weighted by Gasteiger charge is 2.65. The number of nitrogens with zero attached hydrogens (tertiary/aromatic N) is 3. The van der Waals surface area contributed by atoms with Crippen LogP contribution in [0, 0.1) is 17.8 Å². The number of anilines is 1. The minimum absolute atomic E-state index is 0.133. The van der Waals surface area contributed by atoms with Gasteiger partial charge in [-0.3, -0.25) is 4.57 Å². The number of aliphatic carboxylic acids is 1. The smallest absolute Gasteiger partial charge is 0.363 e. The van der Waals surface area contributed by atoms with Gasteiger partial charge in [0.1, 0.15) is 24.1 Å². The van der Waals surface area contributed by atoms with Crippen molar-refractivity contribution in [3.63, 3.8) is 0 Å². The number of carbonyl (C=O) groups is 1. The summed E-state index contributed by atoms with van der Waals surface area (Å²) in [7, 11) is -2.90. The van der Waals surface area contributed by atoms with E-state index in [1.165, 1.54) is 6.07 Å². The van der Waals surface area contributed by atoms with Crippen LogP contribution in [0.15, 0.2) is 21.8 Å². The Kier molecular flexibility index (Phi) is 8.20. The highest BCUT2D eigenvalue weighted by molar-refractivity contribution is 7.36. The van der Waals surface area contributed by atoms with Crippen molar-refractivity contribution >= 4 is 19.9 Å². The molecule has 0 amide bonds. The minimum atomic E-state index is -3.20. The monoisotopic (exact) mass is 507 g/mol. The standard InChI is InChI=1S/C19H31FN5O8P/c1-9(2)12(10(3)4)19(15(27)28,24-34(22)31)32-8-18(20)13(26)17(5,30)14(33-18)25-7-6-11(21)23-16(25)29/h6-7,9-10,12-14,26,30H,8H2,1-5H3,(H2,22,24)(H,27,28)(H2,21,23,29)/t13-,14+,17+,18+,19+/m0/s1. The van der Waals surface area contributed by atoms with E-state index in [0.29, 0.717) is 0 Å². The van der Waals surface area contributed by atoms with E-state index in [2.05, 4.69) is 9.73 Å². The molecule has 7 N–H and O–H groups in total. The molecule has 1 aromatic heterocycles. The van der Waals surface area contributed by atoms with Gasteiger partial charge < -0.3 is 35.4 Å². The molecule has 1 aliphatic rings. The van der Waals surface area contributed by atoms with Crippen molar-refractivity contribution < 1.29 is 38.9 Å². The number of carboxylic acids is 1. The van der Waals surface area contributed by atoms with Crippen molar-refractivity contribution in [1.82, 2.24) is 9.55 Å². The van der Waals surface area contributed by atoms with E-state index >= 15 is 4.39 Å². The summed E-state index contributed by atoms with van der Waals surface area (Å²) >= 11 is 0.